The van der Waals surface area contributed by atoms with E-state index < -0.39 is 0 Å². The molecule has 4 nitrogen and oxygen atoms in total. The molecule has 1 N–H and O–H groups in total. The van der Waals surface area contributed by atoms with Gasteiger partial charge in [0.2, 0.25) is 0 Å². The summed E-state index contributed by atoms with van der Waals surface area (Å²) in [5.41, 5.74) is 12.8. The average molecular weight is 647 g/mol. The van der Waals surface area contributed by atoms with E-state index in [1.54, 1.807) is 13.2 Å². The molecule has 0 spiro atoms. The number of furan rings is 2. The predicted molar refractivity (Wildman–Crippen MR) is 204 cm³/mol. The Labute approximate surface area is 287 Å². The van der Waals surface area contributed by atoms with E-state index in [9.17, 15) is 5.11 Å². The molecule has 2 aromatic heterocycles. The number of methoxy groups -OCH3 is 1. The van der Waals surface area contributed by atoms with Crippen LogP contribution in [0.25, 0.3) is 66.1 Å². The molecule has 6 aromatic carbocycles. The third kappa shape index (κ3) is 4.23. The zero-order valence-electron chi connectivity index (χ0n) is 27.1. The van der Waals surface area contributed by atoms with Crippen LogP contribution < -0.4 is 4.74 Å². The first-order valence-corrected chi connectivity index (χ1v) is 16.1. The van der Waals surface area contributed by atoms with Crippen LogP contribution in [0.15, 0.2) is 118 Å². The molecule has 8 aromatic rings. The van der Waals surface area contributed by atoms with Crippen molar-refractivity contribution >= 4 is 43.9 Å². The van der Waals surface area contributed by atoms with E-state index in [4.69, 9.17) is 13.6 Å². The highest BCUT2D eigenvalue weighted by Gasteiger charge is 2.41. The molecule has 0 saturated heterocycles. The third-order valence-corrected chi connectivity index (χ3v) is 10.5. The summed E-state index contributed by atoms with van der Waals surface area (Å²) in [5.74, 6) is 1.18. The minimum Gasteiger partial charge on any atom is -0.507 e. The zero-order valence-corrected chi connectivity index (χ0v) is 27.1. The van der Waals surface area contributed by atoms with Crippen LogP contribution in [0, 0.1) is 0 Å². The van der Waals surface area contributed by atoms with E-state index in [2.05, 4.69) is 88.4 Å². The summed E-state index contributed by atoms with van der Waals surface area (Å²) in [6.45, 7) is 9.02. The largest absolute Gasteiger partial charge is 0.507 e. The van der Waals surface area contributed by atoms with Crippen molar-refractivity contribution in [3.8, 4) is 33.8 Å². The minimum atomic E-state index is -0.171. The van der Waals surface area contributed by atoms with Gasteiger partial charge in [-0.15, -0.1) is 0 Å². The Morgan fingerprint density at radius 3 is 1.49 bits per heavy atom. The molecule has 0 aliphatic heterocycles. The van der Waals surface area contributed by atoms with Gasteiger partial charge in [0.25, 0.3) is 0 Å². The molecule has 0 fully saturated rings. The Morgan fingerprint density at radius 1 is 0.531 bits per heavy atom. The molecule has 0 atom stereocenters. The fourth-order valence-electron chi connectivity index (χ4n) is 8.45. The predicted octanol–water partition coefficient (Wildman–Crippen LogP) is 12.8. The highest BCUT2D eigenvalue weighted by molar-refractivity contribution is 6.13. The Bertz CT molecular complexity index is 2580. The number of para-hydroxylation sites is 2. The minimum absolute atomic E-state index is 0. The van der Waals surface area contributed by atoms with Gasteiger partial charge in [-0.25, -0.2) is 0 Å². The van der Waals surface area contributed by atoms with Crippen molar-refractivity contribution in [3.63, 3.8) is 0 Å². The van der Waals surface area contributed by atoms with E-state index in [0.717, 1.165) is 50.0 Å². The van der Waals surface area contributed by atoms with Crippen LogP contribution in [-0.2, 0) is 10.8 Å². The van der Waals surface area contributed by atoms with Gasteiger partial charge in [0.1, 0.15) is 33.8 Å². The number of phenols is 1. The van der Waals surface area contributed by atoms with Crippen LogP contribution >= 0.6 is 0 Å². The van der Waals surface area contributed by atoms with Crippen molar-refractivity contribution in [2.75, 3.05) is 7.11 Å². The smallest absolute Gasteiger partial charge is 0.139 e. The normalized spacial score (nSPS) is 14.3. The van der Waals surface area contributed by atoms with Gasteiger partial charge in [0.15, 0.2) is 0 Å². The Morgan fingerprint density at radius 2 is 0.959 bits per heavy atom. The summed E-state index contributed by atoms with van der Waals surface area (Å²) < 4.78 is 17.9. The zero-order chi connectivity index (χ0) is 32.2. The molecule has 0 saturated carbocycles. The van der Waals surface area contributed by atoms with Crippen LogP contribution in [0.2, 0.25) is 0 Å². The number of rotatable bonds is 1. The maximum atomic E-state index is 10.7. The van der Waals surface area contributed by atoms with E-state index in [1.165, 1.54) is 44.2 Å². The fourth-order valence-corrected chi connectivity index (χ4v) is 8.45. The number of benzene rings is 6. The molecule has 0 amide bonds. The molecule has 2 aliphatic carbocycles. The monoisotopic (exact) mass is 646 g/mol. The number of aromatic hydroxyl groups is 1. The number of hydrogen-bond acceptors (Lipinski definition) is 4. The third-order valence-electron chi connectivity index (χ3n) is 10.5. The van der Waals surface area contributed by atoms with E-state index in [1.807, 2.05) is 42.5 Å². The first kappa shape index (κ1) is 32.1. The van der Waals surface area contributed by atoms with Crippen LogP contribution in [0.5, 0.6) is 11.5 Å². The molecule has 4 heteroatoms. The summed E-state index contributed by atoms with van der Waals surface area (Å²) in [6, 6.07) is 37.1. The van der Waals surface area contributed by atoms with E-state index >= 15 is 0 Å². The van der Waals surface area contributed by atoms with Crippen molar-refractivity contribution < 1.29 is 18.7 Å². The molecule has 2 heterocycles. The summed E-state index contributed by atoms with van der Waals surface area (Å²) in [7, 11) is 1.73. The van der Waals surface area contributed by atoms with Crippen LogP contribution in [0.1, 0.15) is 64.8 Å². The van der Waals surface area contributed by atoms with Gasteiger partial charge in [-0.2, -0.15) is 0 Å². The van der Waals surface area contributed by atoms with Crippen molar-refractivity contribution in [3.05, 3.63) is 131 Å². The highest BCUT2D eigenvalue weighted by atomic mass is 16.5. The molecule has 49 heavy (non-hydrogen) atoms. The summed E-state index contributed by atoms with van der Waals surface area (Å²) in [6.07, 6.45) is 0. The maximum Gasteiger partial charge on any atom is 0.139 e. The van der Waals surface area contributed by atoms with E-state index in [0.29, 0.717) is 5.75 Å². The fraction of sp³-hybridized carbons (Fsp3) is 0.200. The van der Waals surface area contributed by atoms with Crippen molar-refractivity contribution in [2.45, 2.75) is 53.4 Å². The van der Waals surface area contributed by atoms with Gasteiger partial charge in [0, 0.05) is 55.6 Å². The molecule has 246 valence electrons. The second-order valence-corrected chi connectivity index (χ2v) is 13.8. The lowest BCUT2D eigenvalue weighted by atomic mass is 9.80. The SMILES string of the molecule is C.C.CC1(C)c2ccccc2-c2c(O)cc3oc4ccccc4c3c21.COc1cc2oc3ccccc3c2c2c1-c1ccccc1C2(C)C. The quantitative estimate of drug-likeness (QED) is 0.193. The lowest BCUT2D eigenvalue weighted by Gasteiger charge is -2.22. The lowest BCUT2D eigenvalue weighted by Crippen LogP contribution is -2.15. The Hall–Kier alpha value is -5.48. The highest BCUT2D eigenvalue weighted by Crippen LogP contribution is 2.57. The van der Waals surface area contributed by atoms with E-state index in [-0.39, 0.29) is 25.7 Å². The molecule has 2 aliphatic rings. The van der Waals surface area contributed by atoms with Gasteiger partial charge < -0.3 is 18.7 Å². The van der Waals surface area contributed by atoms with Crippen molar-refractivity contribution in [1.82, 2.24) is 0 Å². The van der Waals surface area contributed by atoms with Crippen molar-refractivity contribution in [2.24, 2.45) is 0 Å². The lowest BCUT2D eigenvalue weighted by molar-refractivity contribution is 0.416. The molecule has 10 rings (SSSR count). The van der Waals surface area contributed by atoms with Crippen LogP contribution in [0.3, 0.4) is 0 Å². The molecule has 0 bridgehead atoms. The maximum absolute atomic E-state index is 10.7. The second kappa shape index (κ2) is 11.0. The number of fused-ring (bicyclic) bond motifs is 14. The second-order valence-electron chi connectivity index (χ2n) is 13.8. The number of hydrogen-bond donors (Lipinski definition) is 1. The first-order valence-electron chi connectivity index (χ1n) is 16.1. The topological polar surface area (TPSA) is 55.7 Å². The number of phenolic OH excluding ortho intramolecular Hbond substituents is 1. The van der Waals surface area contributed by atoms with Gasteiger partial charge in [-0.05, 0) is 45.5 Å². The summed E-state index contributed by atoms with van der Waals surface area (Å²) in [5, 5.41) is 15.3. The molecular weight excluding hydrogens is 604 g/mol. The average Bonchev–Trinajstić information content (AvgIpc) is 3.77. The number of ether oxygens (including phenoxy) is 1. The molecular formula is C45H42O4. The molecule has 0 radical (unpaired) electrons. The Kier molecular flexibility index (Phi) is 7.22. The molecule has 0 unspecified atom stereocenters. The Balaban J connectivity index is 0.000000148. The summed E-state index contributed by atoms with van der Waals surface area (Å²) in [4.78, 5) is 0. The van der Waals surface area contributed by atoms with Crippen molar-refractivity contribution in [1.29, 1.82) is 0 Å². The first-order chi connectivity index (χ1) is 22.7. The summed E-state index contributed by atoms with van der Waals surface area (Å²) >= 11 is 0. The van der Waals surface area contributed by atoms with Gasteiger partial charge in [-0.1, -0.05) is 127 Å². The van der Waals surface area contributed by atoms with Gasteiger partial charge in [-0.3, -0.25) is 0 Å². The standard InChI is InChI=1S/C22H18O2.C21H16O2.2CH4/c1-22(2)15-10-6-4-8-13(15)19-17(23-3)12-18-20(21(19)22)14-9-5-7-11-16(14)24-18;1-21(2)14-9-5-3-7-12(14)18-15(22)11-17-19(20(18)21)13-8-4-6-10-16(13)23-17;;/h4-12H,1-3H3;3-11,22H,1-2H3;2*1H4. The van der Waals surface area contributed by atoms with Gasteiger partial charge >= 0.3 is 0 Å². The van der Waals surface area contributed by atoms with Gasteiger partial charge in [0.05, 0.1) is 7.11 Å². The van der Waals surface area contributed by atoms with Crippen LogP contribution in [0.4, 0.5) is 0 Å². The van der Waals surface area contributed by atoms with Crippen LogP contribution in [-0.4, -0.2) is 12.2 Å².